The fraction of sp³-hybridized carbons (Fsp3) is 0. The van der Waals surface area contributed by atoms with Crippen LogP contribution in [0.3, 0.4) is 0 Å². The number of nitrogens with zero attached hydrogens (tertiary/aromatic N) is 7. The van der Waals surface area contributed by atoms with E-state index in [-0.39, 0.29) is 0 Å². The molecule has 168 valence electrons. The Balaban J connectivity index is 4.24. The highest BCUT2D eigenvalue weighted by Crippen LogP contribution is 2.83. The minimum absolute atomic E-state index is 0.974. The number of rotatable bonds is 0. The average molecular weight is 581 g/mol. The highest BCUT2D eigenvalue weighted by Gasteiger charge is 2.40. The molecular formula is F14N7P7. The highest BCUT2D eigenvalue weighted by molar-refractivity contribution is 7.78. The van der Waals surface area contributed by atoms with Gasteiger partial charge in [-0.05, 0) is 0 Å². The summed E-state index contributed by atoms with van der Waals surface area (Å²) in [7, 11) is -51.6. The maximum absolute atomic E-state index is 13.1. The summed E-state index contributed by atoms with van der Waals surface area (Å²) in [4.78, 5) is 0. The minimum Gasteiger partial charge on any atom is -0.149 e. The van der Waals surface area contributed by atoms with Crippen LogP contribution >= 0.6 is 54.8 Å². The normalized spacial score (nSPS) is 29.5. The third-order valence-electron chi connectivity index (χ3n) is 1.51. The molecule has 0 unspecified atom stereocenters. The molecule has 1 heterocycles. The van der Waals surface area contributed by atoms with Crippen molar-refractivity contribution >= 4 is 54.8 Å². The van der Waals surface area contributed by atoms with Crippen molar-refractivity contribution in [2.24, 2.45) is 31.6 Å². The van der Waals surface area contributed by atoms with E-state index in [1.54, 1.807) is 0 Å². The first-order valence-electron chi connectivity index (χ1n) is 5.17. The van der Waals surface area contributed by atoms with Crippen LogP contribution in [0.25, 0.3) is 0 Å². The molecule has 0 aliphatic carbocycles. The Morgan fingerprint density at radius 3 is 0.357 bits per heavy atom. The molecule has 1 rings (SSSR count). The molecule has 0 aromatic heterocycles. The summed E-state index contributed by atoms with van der Waals surface area (Å²) >= 11 is 0. The first-order chi connectivity index (χ1) is 11.9. The van der Waals surface area contributed by atoms with Crippen LogP contribution in [0.15, 0.2) is 31.6 Å². The third-order valence-corrected chi connectivity index (χ3v) is 13.6. The van der Waals surface area contributed by atoms with Gasteiger partial charge in [-0.1, -0.05) is 0 Å². The predicted molar refractivity (Wildman–Crippen MR) is 80.9 cm³/mol. The number of hydrogen-bond acceptors (Lipinski definition) is 7. The molecule has 1 aliphatic heterocycles. The van der Waals surface area contributed by atoms with Gasteiger partial charge in [0.15, 0.2) is 0 Å². The fourth-order valence-corrected chi connectivity index (χ4v) is 11.5. The second-order valence-corrected chi connectivity index (χ2v) is 15.2. The van der Waals surface area contributed by atoms with E-state index in [2.05, 4.69) is 0 Å². The summed E-state index contributed by atoms with van der Waals surface area (Å²) in [6.07, 6.45) is 0. The highest BCUT2D eigenvalue weighted by atomic mass is 31.3. The molecule has 0 fully saturated rings. The van der Waals surface area contributed by atoms with Gasteiger partial charge in [-0.15, -0.1) is 90.4 Å². The van der Waals surface area contributed by atoms with Gasteiger partial charge in [-0.3, -0.25) is 0 Å². The quantitative estimate of drug-likeness (QED) is 0.201. The van der Waals surface area contributed by atoms with Gasteiger partial charge in [-0.2, -0.15) is 0 Å². The van der Waals surface area contributed by atoms with Gasteiger partial charge in [0, 0.05) is 0 Å². The molecule has 0 saturated carbocycles. The van der Waals surface area contributed by atoms with Gasteiger partial charge in [0.2, 0.25) is 0 Å². The van der Waals surface area contributed by atoms with Crippen LogP contribution in [0.2, 0.25) is 0 Å². The molecule has 0 aromatic carbocycles. The largest absolute Gasteiger partial charge is 0.425 e. The molecule has 1 aliphatic rings. The summed E-state index contributed by atoms with van der Waals surface area (Å²) in [5.41, 5.74) is 0. The van der Waals surface area contributed by atoms with Crippen molar-refractivity contribution in [2.45, 2.75) is 0 Å². The maximum atomic E-state index is 13.1. The van der Waals surface area contributed by atoms with E-state index < -0.39 is 54.8 Å². The van der Waals surface area contributed by atoms with Crippen molar-refractivity contribution in [3.63, 3.8) is 0 Å². The van der Waals surface area contributed by atoms with Crippen LogP contribution in [0.4, 0.5) is 58.8 Å². The molecular weight excluding hydrogens is 581 g/mol. The van der Waals surface area contributed by atoms with Gasteiger partial charge in [-0.25, -0.2) is 0 Å². The zero-order chi connectivity index (χ0) is 22.4. The van der Waals surface area contributed by atoms with Crippen LogP contribution in [-0.4, -0.2) is 0 Å². The zero-order valence-electron chi connectivity index (χ0n) is 11.6. The van der Waals surface area contributed by atoms with E-state index in [1.807, 2.05) is 0 Å². The summed E-state index contributed by atoms with van der Waals surface area (Å²) in [5, 5.41) is 0. The Labute approximate surface area is 146 Å². The lowest BCUT2D eigenvalue weighted by molar-refractivity contribution is 0.684. The van der Waals surface area contributed by atoms with Crippen molar-refractivity contribution < 1.29 is 58.8 Å². The Morgan fingerprint density at radius 1 is 0.214 bits per heavy atom. The van der Waals surface area contributed by atoms with Gasteiger partial charge < -0.3 is 0 Å². The van der Waals surface area contributed by atoms with Crippen molar-refractivity contribution in [1.82, 2.24) is 0 Å². The minimum atomic E-state index is -7.37. The van der Waals surface area contributed by atoms with E-state index in [9.17, 15) is 58.8 Å². The van der Waals surface area contributed by atoms with E-state index in [0.29, 0.717) is 0 Å². The lowest BCUT2D eigenvalue weighted by Gasteiger charge is -2.09. The van der Waals surface area contributed by atoms with Crippen LogP contribution in [0.1, 0.15) is 0 Å². The molecule has 0 atom stereocenters. The monoisotopic (exact) mass is 581 g/mol. The second kappa shape index (κ2) is 7.95. The van der Waals surface area contributed by atoms with E-state index in [1.165, 1.54) is 0 Å². The molecule has 0 saturated heterocycles. The van der Waals surface area contributed by atoms with Crippen LogP contribution < -0.4 is 0 Å². The number of halogens is 14. The molecule has 0 N–H and O–H groups in total. The predicted octanol–water partition coefficient (Wildman–Crippen LogP) is 13.2. The van der Waals surface area contributed by atoms with Gasteiger partial charge >= 0.3 is 54.8 Å². The summed E-state index contributed by atoms with van der Waals surface area (Å²) < 4.78 is 190. The second-order valence-electron chi connectivity index (χ2n) is 3.82. The lowest BCUT2D eigenvalue weighted by atomic mass is 13.8. The summed E-state index contributed by atoms with van der Waals surface area (Å²) in [5.74, 6) is 0. The van der Waals surface area contributed by atoms with E-state index >= 15 is 0 Å². The molecule has 0 radical (unpaired) electrons. The topological polar surface area (TPSA) is 86.5 Å². The Kier molecular flexibility index (Phi) is 7.58. The summed E-state index contributed by atoms with van der Waals surface area (Å²) in [6.45, 7) is 0. The van der Waals surface area contributed by atoms with Crippen LogP contribution in [-0.2, 0) is 0 Å². The van der Waals surface area contributed by atoms with E-state index in [0.717, 1.165) is 31.6 Å². The van der Waals surface area contributed by atoms with Crippen molar-refractivity contribution in [3.8, 4) is 0 Å². The maximum Gasteiger partial charge on any atom is 0.425 e. The first kappa shape index (κ1) is 26.7. The standard InChI is InChI=1S/F14N7P7/c1-22(2)15-23(3,4)17-25(7,8)19-27(11,12)21-28(13,14)20-26(9,10)18-24(5,6)16-22. The smallest absolute Gasteiger partial charge is 0.149 e. The molecule has 0 aromatic rings. The Bertz CT molecular complexity index is 744. The van der Waals surface area contributed by atoms with Crippen molar-refractivity contribution in [3.05, 3.63) is 0 Å². The molecule has 0 spiro atoms. The molecule has 28 heavy (non-hydrogen) atoms. The Morgan fingerprint density at radius 2 is 0.286 bits per heavy atom. The van der Waals surface area contributed by atoms with Gasteiger partial charge in [0.1, 0.15) is 0 Å². The van der Waals surface area contributed by atoms with Crippen molar-refractivity contribution in [2.75, 3.05) is 0 Å². The van der Waals surface area contributed by atoms with Crippen LogP contribution in [0, 0.1) is 0 Å². The fourth-order valence-electron chi connectivity index (χ4n) is 1.03. The van der Waals surface area contributed by atoms with Gasteiger partial charge in [0.05, 0.1) is 0 Å². The SMILES string of the molecule is FP1(F)=NP(F)(F)=NP(F)(F)=NP(F)(F)=NP(F)(F)=NP(F)(F)=NP(F)(F)=N1. The third kappa shape index (κ3) is 9.63. The summed E-state index contributed by atoms with van der Waals surface area (Å²) in [6, 6.07) is 0. The molecule has 0 bridgehead atoms. The lowest BCUT2D eigenvalue weighted by Crippen LogP contribution is -1.67. The molecule has 28 heteroatoms. The van der Waals surface area contributed by atoms with Crippen molar-refractivity contribution in [1.29, 1.82) is 0 Å². The van der Waals surface area contributed by atoms with Gasteiger partial charge in [0.25, 0.3) is 0 Å². The Hall–Kier alpha value is 0.630. The number of hydrogen-bond donors (Lipinski definition) is 0. The molecule has 0 amide bonds. The average Bonchev–Trinajstić information content (AvgIpc) is 2.10. The first-order valence-corrected chi connectivity index (χ1v) is 15.5. The zero-order valence-corrected chi connectivity index (χ0v) is 17.8. The molecule has 7 nitrogen and oxygen atoms in total. The van der Waals surface area contributed by atoms with Crippen LogP contribution in [0.5, 0.6) is 0 Å². The van der Waals surface area contributed by atoms with E-state index in [4.69, 9.17) is 0 Å².